The summed E-state index contributed by atoms with van der Waals surface area (Å²) < 4.78 is 4.68. The number of nitrogens with zero attached hydrogens (tertiary/aromatic N) is 1. The molecular formula is C4H11AgN2O4. The molecule has 0 heterocycles. The largest absolute Gasteiger partial charge is 1.00 e. The van der Waals surface area contributed by atoms with Crippen LogP contribution in [0.3, 0.4) is 0 Å². The van der Waals surface area contributed by atoms with Crippen LogP contribution in [0.15, 0.2) is 0 Å². The van der Waals surface area contributed by atoms with E-state index < -0.39 is 5.09 Å². The Bertz CT molecular complexity index is 84.2. The van der Waals surface area contributed by atoms with Crippen LogP contribution in [0, 0.1) is 15.3 Å². The monoisotopic (exact) mass is 258 g/mol. The molecule has 0 amide bonds. The fraction of sp³-hybridized carbons (Fsp3) is 1.00. The van der Waals surface area contributed by atoms with E-state index in [9.17, 15) is 0 Å². The molecule has 1 unspecified atom stereocenters. The third-order valence-corrected chi connectivity index (χ3v) is 0.705. The van der Waals surface area contributed by atoms with Gasteiger partial charge >= 0.3 is 22.4 Å². The number of hydrogen-bond donors (Lipinski definition) is 1. The van der Waals surface area contributed by atoms with Crippen molar-refractivity contribution in [1.29, 1.82) is 0 Å². The molecule has 6 nitrogen and oxygen atoms in total. The van der Waals surface area contributed by atoms with Gasteiger partial charge < -0.3 is 25.8 Å². The van der Waals surface area contributed by atoms with E-state index in [2.05, 4.69) is 4.74 Å². The van der Waals surface area contributed by atoms with Crippen molar-refractivity contribution >= 4 is 0 Å². The minimum atomic E-state index is -1.75. The quantitative estimate of drug-likeness (QED) is 0.327. The molecule has 11 heavy (non-hydrogen) atoms. The summed E-state index contributed by atoms with van der Waals surface area (Å²) in [6, 6.07) is 0. The Morgan fingerprint density at radius 3 is 1.91 bits per heavy atom. The van der Waals surface area contributed by atoms with E-state index in [0.717, 1.165) is 6.42 Å². The molecule has 7 heteroatoms. The first-order valence-electron chi connectivity index (χ1n) is 2.64. The Balaban J connectivity index is -0.000000114. The van der Waals surface area contributed by atoms with Crippen LogP contribution in [0.4, 0.5) is 0 Å². The standard InChI is InChI=1S/C4H11NO.Ag.NO3/c1-3-4(5)6-2;;2-1(3)4/h4H,3,5H2,1-2H3;;/q;+1;-1. The van der Waals surface area contributed by atoms with Crippen molar-refractivity contribution in [2.45, 2.75) is 19.6 Å². The van der Waals surface area contributed by atoms with Gasteiger partial charge in [-0.15, -0.1) is 0 Å². The average molecular weight is 259 g/mol. The van der Waals surface area contributed by atoms with Gasteiger partial charge in [-0.3, -0.25) is 0 Å². The molecule has 2 N–H and O–H groups in total. The SMILES string of the molecule is CCC(N)OC.O=[N+]([O-])[O-].[Ag+]. The van der Waals surface area contributed by atoms with Crippen molar-refractivity contribution in [1.82, 2.24) is 0 Å². The van der Waals surface area contributed by atoms with Gasteiger partial charge in [0.2, 0.25) is 0 Å². The van der Waals surface area contributed by atoms with Crippen molar-refractivity contribution in [3.05, 3.63) is 15.3 Å². The first-order chi connectivity index (χ1) is 4.54. The Morgan fingerprint density at radius 2 is 1.91 bits per heavy atom. The van der Waals surface area contributed by atoms with E-state index in [0.29, 0.717) is 0 Å². The molecule has 0 aliphatic carbocycles. The van der Waals surface area contributed by atoms with E-state index in [1.807, 2.05) is 6.92 Å². The topological polar surface area (TPSA) is 101 Å². The molecule has 0 saturated heterocycles. The molecule has 0 aliphatic rings. The summed E-state index contributed by atoms with van der Waals surface area (Å²) in [4.78, 5) is 8.25. The summed E-state index contributed by atoms with van der Waals surface area (Å²) in [6.07, 6.45) is 0.821. The molecule has 0 aromatic rings. The van der Waals surface area contributed by atoms with Crippen LogP contribution in [-0.4, -0.2) is 18.4 Å². The van der Waals surface area contributed by atoms with Crippen LogP contribution in [0.5, 0.6) is 0 Å². The van der Waals surface area contributed by atoms with E-state index in [4.69, 9.17) is 21.1 Å². The second-order valence-electron chi connectivity index (χ2n) is 1.41. The molecule has 1 atom stereocenters. The average Bonchev–Trinajstić information content (AvgIpc) is 1.85. The van der Waals surface area contributed by atoms with Crippen LogP contribution < -0.4 is 5.73 Å². The van der Waals surface area contributed by atoms with E-state index in [1.54, 1.807) is 7.11 Å². The predicted octanol–water partition coefficient (Wildman–Crippen LogP) is 0.0860. The summed E-state index contributed by atoms with van der Waals surface area (Å²) in [5.74, 6) is 0. The smallest absolute Gasteiger partial charge is 0.367 e. The number of nitrogens with two attached hydrogens (primary N) is 1. The molecule has 0 fully saturated rings. The zero-order valence-electron chi connectivity index (χ0n) is 6.24. The minimum absolute atomic E-state index is 0. The van der Waals surface area contributed by atoms with Gasteiger partial charge in [0.25, 0.3) is 0 Å². The van der Waals surface area contributed by atoms with Crippen molar-refractivity contribution in [3.63, 3.8) is 0 Å². The van der Waals surface area contributed by atoms with Gasteiger partial charge in [-0.2, -0.15) is 0 Å². The first-order valence-corrected chi connectivity index (χ1v) is 2.64. The molecule has 0 bridgehead atoms. The van der Waals surface area contributed by atoms with Crippen molar-refractivity contribution in [3.8, 4) is 0 Å². The number of hydrogen-bond acceptors (Lipinski definition) is 5. The molecule has 0 saturated carbocycles. The van der Waals surface area contributed by atoms with Crippen LogP contribution >= 0.6 is 0 Å². The zero-order valence-corrected chi connectivity index (χ0v) is 7.73. The second kappa shape index (κ2) is 12.5. The van der Waals surface area contributed by atoms with Crippen molar-refractivity contribution in [2.75, 3.05) is 7.11 Å². The van der Waals surface area contributed by atoms with Gasteiger partial charge in [0.15, 0.2) is 0 Å². The Hall–Kier alpha value is -0.140. The molecule has 0 spiro atoms. The summed E-state index contributed by atoms with van der Waals surface area (Å²) in [5.41, 5.74) is 5.25. The number of methoxy groups -OCH3 is 1. The van der Waals surface area contributed by atoms with Crippen LogP contribution in [0.25, 0.3) is 0 Å². The van der Waals surface area contributed by atoms with Crippen LogP contribution in [0.1, 0.15) is 13.3 Å². The van der Waals surface area contributed by atoms with E-state index in [-0.39, 0.29) is 28.6 Å². The summed E-state index contributed by atoms with van der Waals surface area (Å²) in [5, 5.41) is 14.8. The van der Waals surface area contributed by atoms with Crippen molar-refractivity contribution < 1.29 is 32.2 Å². The van der Waals surface area contributed by atoms with E-state index >= 15 is 0 Å². The van der Waals surface area contributed by atoms with E-state index in [1.165, 1.54) is 0 Å². The molecule has 0 aromatic carbocycles. The zero-order chi connectivity index (χ0) is 8.57. The Morgan fingerprint density at radius 1 is 1.64 bits per heavy atom. The molecule has 0 rings (SSSR count). The fourth-order valence-corrected chi connectivity index (χ4v) is 0.167. The maximum Gasteiger partial charge on any atom is 1.00 e. The molecule has 0 radical (unpaired) electrons. The number of rotatable bonds is 2. The Labute approximate surface area is 80.3 Å². The van der Waals surface area contributed by atoms with Gasteiger partial charge in [0.1, 0.15) is 6.23 Å². The fourth-order valence-electron chi connectivity index (χ4n) is 0.167. The van der Waals surface area contributed by atoms with Gasteiger partial charge in [0, 0.05) is 7.11 Å². The molecule has 0 aliphatic heterocycles. The summed E-state index contributed by atoms with van der Waals surface area (Å²) in [6.45, 7) is 1.98. The summed E-state index contributed by atoms with van der Waals surface area (Å²) in [7, 11) is 1.61. The third-order valence-electron chi connectivity index (χ3n) is 0.705. The second-order valence-corrected chi connectivity index (χ2v) is 1.41. The normalized spacial score (nSPS) is 10.1. The van der Waals surface area contributed by atoms with Gasteiger partial charge in [-0.25, -0.2) is 0 Å². The van der Waals surface area contributed by atoms with Gasteiger partial charge in [-0.05, 0) is 6.42 Å². The first kappa shape index (κ1) is 17.1. The molecular weight excluding hydrogens is 248 g/mol. The summed E-state index contributed by atoms with van der Waals surface area (Å²) >= 11 is 0. The third kappa shape index (κ3) is 40.9. The minimum Gasteiger partial charge on any atom is -0.367 e. The molecule has 0 aromatic heterocycles. The van der Waals surface area contributed by atoms with Gasteiger partial charge in [-0.1, -0.05) is 6.92 Å². The Kier molecular flexibility index (Phi) is 19.5. The van der Waals surface area contributed by atoms with Crippen LogP contribution in [-0.2, 0) is 27.1 Å². The molecule has 72 valence electrons. The predicted molar refractivity (Wildman–Crippen MR) is 35.6 cm³/mol. The van der Waals surface area contributed by atoms with Crippen molar-refractivity contribution in [2.24, 2.45) is 5.73 Å². The van der Waals surface area contributed by atoms with Gasteiger partial charge in [0.05, 0.1) is 5.09 Å². The van der Waals surface area contributed by atoms with Crippen LogP contribution in [0.2, 0.25) is 0 Å². The maximum absolute atomic E-state index is 8.25. The number of ether oxygens (including phenoxy) is 1. The maximum atomic E-state index is 8.25.